The summed E-state index contributed by atoms with van der Waals surface area (Å²) in [6, 6.07) is 0. The third-order valence-corrected chi connectivity index (χ3v) is 1.67. The lowest BCUT2D eigenvalue weighted by molar-refractivity contribution is -0.137. The molecule has 0 heterocycles. The second-order valence-corrected chi connectivity index (χ2v) is 3.57. The van der Waals surface area contributed by atoms with E-state index in [-0.39, 0.29) is 12.5 Å². The van der Waals surface area contributed by atoms with E-state index in [1.807, 2.05) is 13.8 Å². The van der Waals surface area contributed by atoms with Gasteiger partial charge in [-0.2, -0.15) is 0 Å². The quantitative estimate of drug-likeness (QED) is 0.643. The first kappa shape index (κ1) is 11.4. The monoisotopic (exact) mass is 174 g/mol. The van der Waals surface area contributed by atoms with Crippen LogP contribution in [-0.4, -0.2) is 22.3 Å². The predicted molar refractivity (Wildman–Crippen MR) is 46.9 cm³/mol. The molecule has 0 aromatic carbocycles. The summed E-state index contributed by atoms with van der Waals surface area (Å²) in [5, 5.41) is 17.7. The molecular weight excluding hydrogens is 156 g/mol. The van der Waals surface area contributed by atoms with Crippen molar-refractivity contribution in [2.24, 2.45) is 5.92 Å². The molecule has 0 saturated heterocycles. The van der Waals surface area contributed by atoms with E-state index in [9.17, 15) is 9.90 Å². The van der Waals surface area contributed by atoms with E-state index in [0.29, 0.717) is 18.8 Å². The Kier molecular flexibility index (Phi) is 5.72. The fraction of sp³-hybridized carbons (Fsp3) is 0.889. The summed E-state index contributed by atoms with van der Waals surface area (Å²) in [5.74, 6) is -0.309. The summed E-state index contributed by atoms with van der Waals surface area (Å²) >= 11 is 0. The summed E-state index contributed by atoms with van der Waals surface area (Å²) < 4.78 is 0. The normalized spacial score (nSPS) is 13.3. The standard InChI is InChI=1S/C9H18O3/c1-7(2)6-8(10)4-3-5-9(11)12/h7-8,10H,3-6H2,1-2H3,(H,11,12). The number of hydrogen-bond donors (Lipinski definition) is 2. The molecule has 0 spiro atoms. The molecule has 12 heavy (non-hydrogen) atoms. The van der Waals surface area contributed by atoms with E-state index < -0.39 is 5.97 Å². The third-order valence-electron chi connectivity index (χ3n) is 1.67. The van der Waals surface area contributed by atoms with E-state index in [2.05, 4.69) is 0 Å². The van der Waals surface area contributed by atoms with Gasteiger partial charge in [-0.15, -0.1) is 0 Å². The van der Waals surface area contributed by atoms with Gasteiger partial charge in [0.15, 0.2) is 0 Å². The molecule has 0 aliphatic heterocycles. The molecule has 1 atom stereocenters. The number of carboxylic acids is 1. The average Bonchev–Trinajstić information content (AvgIpc) is 1.84. The van der Waals surface area contributed by atoms with Crippen molar-refractivity contribution in [1.82, 2.24) is 0 Å². The van der Waals surface area contributed by atoms with E-state index >= 15 is 0 Å². The molecule has 0 rings (SSSR count). The van der Waals surface area contributed by atoms with E-state index in [0.717, 1.165) is 6.42 Å². The molecule has 72 valence electrons. The van der Waals surface area contributed by atoms with E-state index in [1.165, 1.54) is 0 Å². The number of aliphatic hydroxyl groups excluding tert-OH is 1. The smallest absolute Gasteiger partial charge is 0.303 e. The highest BCUT2D eigenvalue weighted by Crippen LogP contribution is 2.10. The van der Waals surface area contributed by atoms with Gasteiger partial charge in [-0.25, -0.2) is 0 Å². The molecular formula is C9H18O3. The van der Waals surface area contributed by atoms with Crippen molar-refractivity contribution in [2.75, 3.05) is 0 Å². The molecule has 0 amide bonds. The molecule has 0 bridgehead atoms. The number of aliphatic hydroxyl groups is 1. The molecule has 3 nitrogen and oxygen atoms in total. The molecule has 0 aliphatic rings. The Hall–Kier alpha value is -0.570. The Bertz CT molecular complexity index is 132. The second kappa shape index (κ2) is 6.00. The van der Waals surface area contributed by atoms with Crippen molar-refractivity contribution in [3.05, 3.63) is 0 Å². The SMILES string of the molecule is CC(C)CC(O)CCCC(=O)O. The van der Waals surface area contributed by atoms with Gasteiger partial charge in [0.05, 0.1) is 6.10 Å². The maximum Gasteiger partial charge on any atom is 0.303 e. The Labute approximate surface area is 73.4 Å². The largest absolute Gasteiger partial charge is 0.481 e. The van der Waals surface area contributed by atoms with Gasteiger partial charge in [-0.1, -0.05) is 13.8 Å². The Morgan fingerprint density at radius 2 is 2.00 bits per heavy atom. The summed E-state index contributed by atoms with van der Waals surface area (Å²) in [7, 11) is 0. The van der Waals surface area contributed by atoms with Gasteiger partial charge >= 0.3 is 5.97 Å². The Morgan fingerprint density at radius 3 is 2.42 bits per heavy atom. The first-order chi connectivity index (χ1) is 5.52. The molecule has 0 aromatic heterocycles. The van der Waals surface area contributed by atoms with Crippen molar-refractivity contribution in [3.8, 4) is 0 Å². The lowest BCUT2D eigenvalue weighted by Gasteiger charge is -2.11. The minimum absolute atomic E-state index is 0.162. The van der Waals surface area contributed by atoms with Crippen LogP contribution in [0, 0.1) is 5.92 Å². The zero-order valence-electron chi connectivity index (χ0n) is 7.79. The van der Waals surface area contributed by atoms with Crippen LogP contribution in [0.2, 0.25) is 0 Å². The van der Waals surface area contributed by atoms with Crippen LogP contribution in [0.4, 0.5) is 0 Å². The van der Waals surface area contributed by atoms with Gasteiger partial charge in [-0.05, 0) is 25.2 Å². The first-order valence-corrected chi connectivity index (χ1v) is 4.42. The van der Waals surface area contributed by atoms with Crippen LogP contribution in [0.3, 0.4) is 0 Å². The van der Waals surface area contributed by atoms with Gasteiger partial charge in [-0.3, -0.25) is 4.79 Å². The molecule has 0 aliphatic carbocycles. The lowest BCUT2D eigenvalue weighted by atomic mass is 10.0. The van der Waals surface area contributed by atoms with Crippen molar-refractivity contribution in [2.45, 2.75) is 45.6 Å². The lowest BCUT2D eigenvalue weighted by Crippen LogP contribution is -2.10. The molecule has 0 radical (unpaired) electrons. The van der Waals surface area contributed by atoms with Crippen LogP contribution in [0.25, 0.3) is 0 Å². The minimum Gasteiger partial charge on any atom is -0.481 e. The van der Waals surface area contributed by atoms with Crippen LogP contribution >= 0.6 is 0 Å². The van der Waals surface area contributed by atoms with Crippen molar-refractivity contribution >= 4 is 5.97 Å². The zero-order valence-corrected chi connectivity index (χ0v) is 7.79. The number of aliphatic carboxylic acids is 1. The van der Waals surface area contributed by atoms with Gasteiger partial charge in [0.1, 0.15) is 0 Å². The number of hydrogen-bond acceptors (Lipinski definition) is 2. The fourth-order valence-corrected chi connectivity index (χ4v) is 1.15. The molecule has 1 unspecified atom stereocenters. The second-order valence-electron chi connectivity index (χ2n) is 3.57. The topological polar surface area (TPSA) is 57.5 Å². The number of rotatable bonds is 6. The van der Waals surface area contributed by atoms with E-state index in [4.69, 9.17) is 5.11 Å². The summed E-state index contributed by atoms with van der Waals surface area (Å²) in [6.07, 6.45) is 1.77. The van der Waals surface area contributed by atoms with Crippen LogP contribution < -0.4 is 0 Å². The van der Waals surface area contributed by atoms with Crippen molar-refractivity contribution in [1.29, 1.82) is 0 Å². The molecule has 0 saturated carbocycles. The molecule has 2 N–H and O–H groups in total. The van der Waals surface area contributed by atoms with Crippen LogP contribution in [-0.2, 0) is 4.79 Å². The highest BCUT2D eigenvalue weighted by Gasteiger charge is 2.07. The average molecular weight is 174 g/mol. The van der Waals surface area contributed by atoms with Crippen LogP contribution in [0.1, 0.15) is 39.5 Å². The van der Waals surface area contributed by atoms with Gasteiger partial charge < -0.3 is 10.2 Å². The van der Waals surface area contributed by atoms with Crippen molar-refractivity contribution in [3.63, 3.8) is 0 Å². The van der Waals surface area contributed by atoms with Gasteiger partial charge in [0, 0.05) is 6.42 Å². The maximum atomic E-state index is 10.1. The number of carboxylic acid groups (broad SMARTS) is 1. The first-order valence-electron chi connectivity index (χ1n) is 4.42. The Balaban J connectivity index is 3.31. The maximum absolute atomic E-state index is 10.1. The minimum atomic E-state index is -0.785. The van der Waals surface area contributed by atoms with E-state index in [1.54, 1.807) is 0 Å². The van der Waals surface area contributed by atoms with Gasteiger partial charge in [0.2, 0.25) is 0 Å². The zero-order chi connectivity index (χ0) is 9.56. The van der Waals surface area contributed by atoms with Gasteiger partial charge in [0.25, 0.3) is 0 Å². The fourth-order valence-electron chi connectivity index (χ4n) is 1.15. The summed E-state index contributed by atoms with van der Waals surface area (Å²) in [5.41, 5.74) is 0. The highest BCUT2D eigenvalue weighted by molar-refractivity contribution is 5.66. The van der Waals surface area contributed by atoms with Crippen LogP contribution in [0.5, 0.6) is 0 Å². The molecule has 0 aromatic rings. The predicted octanol–water partition coefficient (Wildman–Crippen LogP) is 1.65. The third kappa shape index (κ3) is 7.54. The highest BCUT2D eigenvalue weighted by atomic mass is 16.4. The number of carbonyl (C=O) groups is 1. The summed E-state index contributed by atoms with van der Waals surface area (Å²) in [6.45, 7) is 4.08. The van der Waals surface area contributed by atoms with Crippen molar-refractivity contribution < 1.29 is 15.0 Å². The van der Waals surface area contributed by atoms with Crippen LogP contribution in [0.15, 0.2) is 0 Å². The molecule has 3 heteroatoms. The molecule has 0 fully saturated rings. The Morgan fingerprint density at radius 1 is 1.42 bits per heavy atom. The summed E-state index contributed by atoms with van der Waals surface area (Å²) in [4.78, 5) is 10.1.